The van der Waals surface area contributed by atoms with Crippen LogP contribution in [0.2, 0.25) is 0 Å². The maximum atomic E-state index is 11.0. The molecule has 0 saturated heterocycles. The van der Waals surface area contributed by atoms with E-state index in [1.807, 2.05) is 0 Å². The summed E-state index contributed by atoms with van der Waals surface area (Å²) < 4.78 is 30.6. The Kier molecular flexibility index (Phi) is 10.9. The summed E-state index contributed by atoms with van der Waals surface area (Å²) in [5.74, 6) is 2.26. The number of benzene rings is 1. The second-order valence-electron chi connectivity index (χ2n) is 7.37. The highest BCUT2D eigenvalue weighted by Crippen LogP contribution is 2.21. The Morgan fingerprint density at radius 3 is 2.57 bits per heavy atom. The molecule has 0 bridgehead atoms. The maximum absolute atomic E-state index is 11.0. The summed E-state index contributed by atoms with van der Waals surface area (Å²) >= 11 is 0. The molecule has 0 aromatic heterocycles. The monoisotopic (exact) mass is 412 g/mol. The lowest BCUT2D eigenvalue weighted by atomic mass is 10.1. The van der Waals surface area contributed by atoms with Crippen molar-refractivity contribution in [1.29, 1.82) is 0 Å². The number of nitrogens with zero attached hydrogens (tertiary/aromatic N) is 1. The molecule has 0 aliphatic heterocycles. The third-order valence-corrected chi connectivity index (χ3v) is 4.81. The first-order chi connectivity index (χ1) is 13.2. The molecule has 0 heterocycles. The number of rotatable bonds is 12. The summed E-state index contributed by atoms with van der Waals surface area (Å²) in [6, 6.07) is 6.22. The van der Waals surface area contributed by atoms with E-state index < -0.39 is 10.0 Å². The van der Waals surface area contributed by atoms with E-state index in [0.29, 0.717) is 37.9 Å². The Morgan fingerprint density at radius 1 is 1.18 bits per heavy atom. The van der Waals surface area contributed by atoms with Gasteiger partial charge in [0.05, 0.1) is 12.9 Å². The number of aryl methyl sites for hydroxylation is 1. The standard InChI is InChI=1S/C20H36N4O3S/c1-16(2)8-6-13-27-19-14-17(3)9-10-18(19)15-23-20(21-4)22-11-7-12-24-28(5,25)26/h9-10,14,16,24H,6-8,11-13,15H2,1-5H3,(H2,21,22,23). The minimum absolute atomic E-state index is 0.398. The molecule has 1 rings (SSSR count). The van der Waals surface area contributed by atoms with Crippen molar-refractivity contribution < 1.29 is 13.2 Å². The third-order valence-electron chi connectivity index (χ3n) is 4.09. The molecule has 0 amide bonds. The smallest absolute Gasteiger partial charge is 0.208 e. The summed E-state index contributed by atoms with van der Waals surface area (Å²) in [6.07, 6.45) is 4.03. The molecule has 28 heavy (non-hydrogen) atoms. The minimum atomic E-state index is -3.14. The molecular weight excluding hydrogens is 376 g/mol. The Bertz CT molecular complexity index is 718. The van der Waals surface area contributed by atoms with Crippen molar-refractivity contribution >= 4 is 16.0 Å². The van der Waals surface area contributed by atoms with Crippen molar-refractivity contribution in [2.45, 2.75) is 46.6 Å². The maximum Gasteiger partial charge on any atom is 0.208 e. The molecule has 160 valence electrons. The van der Waals surface area contributed by atoms with Gasteiger partial charge in [0.2, 0.25) is 10.0 Å². The number of hydrogen-bond acceptors (Lipinski definition) is 4. The number of hydrogen-bond donors (Lipinski definition) is 3. The first-order valence-electron chi connectivity index (χ1n) is 9.82. The number of aliphatic imine (C=N–C) groups is 1. The Morgan fingerprint density at radius 2 is 1.93 bits per heavy atom. The number of nitrogens with one attached hydrogen (secondary N) is 3. The second-order valence-corrected chi connectivity index (χ2v) is 9.20. The summed E-state index contributed by atoms with van der Waals surface area (Å²) in [5, 5.41) is 6.47. The van der Waals surface area contributed by atoms with Crippen molar-refractivity contribution in [2.75, 3.05) is 33.0 Å². The molecule has 0 saturated carbocycles. The minimum Gasteiger partial charge on any atom is -0.493 e. The Labute approximate surface area is 170 Å². The van der Waals surface area contributed by atoms with Gasteiger partial charge in [-0.25, -0.2) is 13.1 Å². The molecule has 0 fully saturated rings. The summed E-state index contributed by atoms with van der Waals surface area (Å²) in [6.45, 7) is 8.83. The first-order valence-corrected chi connectivity index (χ1v) is 11.7. The molecule has 1 aromatic carbocycles. The molecule has 0 aliphatic carbocycles. The zero-order valence-electron chi connectivity index (χ0n) is 17.8. The van der Waals surface area contributed by atoms with E-state index in [2.05, 4.69) is 59.3 Å². The van der Waals surface area contributed by atoms with Gasteiger partial charge in [-0.3, -0.25) is 4.99 Å². The fourth-order valence-electron chi connectivity index (χ4n) is 2.57. The molecular formula is C20H36N4O3S. The van der Waals surface area contributed by atoms with Crippen LogP contribution in [-0.2, 0) is 16.6 Å². The van der Waals surface area contributed by atoms with E-state index in [-0.39, 0.29) is 0 Å². The molecule has 0 unspecified atom stereocenters. The van der Waals surface area contributed by atoms with Gasteiger partial charge >= 0.3 is 0 Å². The lowest BCUT2D eigenvalue weighted by molar-refractivity contribution is 0.294. The van der Waals surface area contributed by atoms with Crippen LogP contribution in [0, 0.1) is 12.8 Å². The lowest BCUT2D eigenvalue weighted by Crippen LogP contribution is -2.38. The van der Waals surface area contributed by atoms with Gasteiger partial charge in [0.15, 0.2) is 5.96 Å². The summed E-state index contributed by atoms with van der Waals surface area (Å²) in [4.78, 5) is 4.21. The van der Waals surface area contributed by atoms with Crippen molar-refractivity contribution in [1.82, 2.24) is 15.4 Å². The summed E-state index contributed by atoms with van der Waals surface area (Å²) in [7, 11) is -1.43. The van der Waals surface area contributed by atoms with Crippen LogP contribution in [0.5, 0.6) is 5.75 Å². The van der Waals surface area contributed by atoms with Gasteiger partial charge in [0.25, 0.3) is 0 Å². The van der Waals surface area contributed by atoms with E-state index in [1.54, 1.807) is 7.05 Å². The van der Waals surface area contributed by atoms with Gasteiger partial charge in [0.1, 0.15) is 5.75 Å². The molecule has 0 radical (unpaired) electrons. The molecule has 0 spiro atoms. The van der Waals surface area contributed by atoms with Gasteiger partial charge in [-0.15, -0.1) is 0 Å². The van der Waals surface area contributed by atoms with Crippen LogP contribution >= 0.6 is 0 Å². The second kappa shape index (κ2) is 12.6. The van der Waals surface area contributed by atoms with Gasteiger partial charge in [-0.05, 0) is 43.7 Å². The van der Waals surface area contributed by atoms with E-state index in [4.69, 9.17) is 4.74 Å². The van der Waals surface area contributed by atoms with Crippen LogP contribution in [0.1, 0.15) is 44.2 Å². The van der Waals surface area contributed by atoms with Crippen LogP contribution in [0.15, 0.2) is 23.2 Å². The fourth-order valence-corrected chi connectivity index (χ4v) is 3.08. The number of sulfonamides is 1. The molecule has 0 aliphatic rings. The molecule has 7 nitrogen and oxygen atoms in total. The number of guanidine groups is 1. The average Bonchev–Trinajstić information content (AvgIpc) is 2.61. The normalized spacial score (nSPS) is 12.3. The topological polar surface area (TPSA) is 91.8 Å². The van der Waals surface area contributed by atoms with Crippen LogP contribution in [0.25, 0.3) is 0 Å². The highest BCUT2D eigenvalue weighted by atomic mass is 32.2. The highest BCUT2D eigenvalue weighted by molar-refractivity contribution is 7.88. The predicted octanol–water partition coefficient (Wildman–Crippen LogP) is 2.41. The molecule has 1 aromatic rings. The largest absolute Gasteiger partial charge is 0.493 e. The predicted molar refractivity (Wildman–Crippen MR) is 116 cm³/mol. The molecule has 0 atom stereocenters. The van der Waals surface area contributed by atoms with E-state index in [0.717, 1.165) is 37.0 Å². The number of ether oxygens (including phenoxy) is 1. The van der Waals surface area contributed by atoms with E-state index in [9.17, 15) is 8.42 Å². The first kappa shape index (κ1) is 24.2. The van der Waals surface area contributed by atoms with E-state index >= 15 is 0 Å². The van der Waals surface area contributed by atoms with Crippen LogP contribution in [-0.4, -0.2) is 47.4 Å². The summed E-state index contributed by atoms with van der Waals surface area (Å²) in [5.41, 5.74) is 2.25. The Balaban J connectivity index is 2.48. The molecule has 3 N–H and O–H groups in total. The molecule has 8 heteroatoms. The van der Waals surface area contributed by atoms with E-state index in [1.165, 1.54) is 5.56 Å². The lowest BCUT2D eigenvalue weighted by Gasteiger charge is -2.16. The van der Waals surface area contributed by atoms with Crippen molar-refractivity contribution in [3.63, 3.8) is 0 Å². The van der Waals surface area contributed by atoms with Gasteiger partial charge in [0, 0.05) is 32.2 Å². The quantitative estimate of drug-likeness (QED) is 0.279. The SMILES string of the molecule is CN=C(NCCCNS(C)(=O)=O)NCc1ccc(C)cc1OCCCC(C)C. The average molecular weight is 413 g/mol. The van der Waals surface area contributed by atoms with Crippen molar-refractivity contribution in [2.24, 2.45) is 10.9 Å². The van der Waals surface area contributed by atoms with Crippen LogP contribution < -0.4 is 20.1 Å². The van der Waals surface area contributed by atoms with Gasteiger partial charge < -0.3 is 15.4 Å². The zero-order valence-corrected chi connectivity index (χ0v) is 18.7. The highest BCUT2D eigenvalue weighted by Gasteiger charge is 2.07. The van der Waals surface area contributed by atoms with Crippen LogP contribution in [0.3, 0.4) is 0 Å². The van der Waals surface area contributed by atoms with Crippen molar-refractivity contribution in [3.05, 3.63) is 29.3 Å². The third kappa shape index (κ3) is 11.1. The van der Waals surface area contributed by atoms with Crippen molar-refractivity contribution in [3.8, 4) is 5.75 Å². The fraction of sp³-hybridized carbons (Fsp3) is 0.650. The Hall–Kier alpha value is -1.80. The zero-order chi connectivity index (χ0) is 21.0. The van der Waals surface area contributed by atoms with Gasteiger partial charge in [-0.2, -0.15) is 0 Å². The van der Waals surface area contributed by atoms with Gasteiger partial charge in [-0.1, -0.05) is 26.0 Å². The van der Waals surface area contributed by atoms with Crippen LogP contribution in [0.4, 0.5) is 0 Å².